The molecule has 8 nitrogen and oxygen atoms in total. The quantitative estimate of drug-likeness (QED) is 0.599. The van der Waals surface area contributed by atoms with Crippen molar-refractivity contribution in [2.75, 3.05) is 5.32 Å². The maximum Gasteiger partial charge on any atom is 0.277 e. The van der Waals surface area contributed by atoms with Crippen LogP contribution < -0.4 is 5.32 Å². The number of carbonyl (C=O) groups excluding carboxylic acids is 1. The molecule has 0 fully saturated rings. The Hall–Kier alpha value is -3.46. The Morgan fingerprint density at radius 3 is 2.88 bits per heavy atom. The molecule has 4 aromatic rings. The monoisotopic (exact) mass is 363 g/mol. The number of anilines is 1. The van der Waals surface area contributed by atoms with E-state index < -0.39 is 0 Å². The van der Waals surface area contributed by atoms with Crippen LogP contribution in [0.15, 0.2) is 54.4 Å². The predicted molar refractivity (Wildman–Crippen MR) is 97.2 cm³/mol. The number of pyridine rings is 2. The first-order valence-corrected chi connectivity index (χ1v) is 8.60. The van der Waals surface area contributed by atoms with Crippen molar-refractivity contribution in [2.24, 2.45) is 0 Å². The third-order valence-corrected chi connectivity index (χ3v) is 4.41. The number of aromatic nitrogens is 6. The maximum atomic E-state index is 12.6. The van der Waals surface area contributed by atoms with Gasteiger partial charge in [0.15, 0.2) is 10.8 Å². The summed E-state index contributed by atoms with van der Waals surface area (Å²) >= 11 is 1.33. The lowest BCUT2D eigenvalue weighted by Crippen LogP contribution is -2.17. The van der Waals surface area contributed by atoms with Crippen molar-refractivity contribution in [3.05, 3.63) is 65.7 Å². The molecule has 0 spiro atoms. The van der Waals surface area contributed by atoms with E-state index in [1.54, 1.807) is 30.7 Å². The normalized spacial score (nSPS) is 10.7. The molecule has 0 saturated heterocycles. The van der Waals surface area contributed by atoms with Gasteiger partial charge in [0.2, 0.25) is 0 Å². The van der Waals surface area contributed by atoms with Crippen LogP contribution in [0, 0.1) is 6.92 Å². The first-order chi connectivity index (χ1) is 12.7. The van der Waals surface area contributed by atoms with Gasteiger partial charge in [-0.25, -0.2) is 9.67 Å². The molecule has 0 aliphatic rings. The van der Waals surface area contributed by atoms with Gasteiger partial charge in [-0.2, -0.15) is 0 Å². The molecule has 0 radical (unpaired) electrons. The summed E-state index contributed by atoms with van der Waals surface area (Å²) in [6.45, 7) is 1.97. The van der Waals surface area contributed by atoms with Gasteiger partial charge in [-0.1, -0.05) is 11.3 Å². The molecule has 0 bridgehead atoms. The number of amides is 1. The van der Waals surface area contributed by atoms with E-state index in [-0.39, 0.29) is 5.91 Å². The van der Waals surface area contributed by atoms with Crippen LogP contribution in [0.4, 0.5) is 5.13 Å². The third kappa shape index (κ3) is 3.07. The van der Waals surface area contributed by atoms with Crippen molar-refractivity contribution in [3.63, 3.8) is 0 Å². The average molecular weight is 363 g/mol. The van der Waals surface area contributed by atoms with Gasteiger partial charge in [-0.15, -0.1) is 16.4 Å². The lowest BCUT2D eigenvalue weighted by molar-refractivity contribution is 0.101. The summed E-state index contributed by atoms with van der Waals surface area (Å²) in [5.74, 6) is -0.350. The van der Waals surface area contributed by atoms with Crippen molar-refractivity contribution in [2.45, 2.75) is 6.92 Å². The minimum absolute atomic E-state index is 0.295. The average Bonchev–Trinajstić information content (AvgIpc) is 3.32. The van der Waals surface area contributed by atoms with Crippen molar-refractivity contribution in [3.8, 4) is 17.1 Å². The summed E-state index contributed by atoms with van der Waals surface area (Å²) in [7, 11) is 0. The summed E-state index contributed by atoms with van der Waals surface area (Å²) in [6, 6.07) is 7.41. The molecule has 26 heavy (non-hydrogen) atoms. The van der Waals surface area contributed by atoms with Crippen LogP contribution in [-0.4, -0.2) is 35.9 Å². The van der Waals surface area contributed by atoms with Gasteiger partial charge in [0.05, 0.1) is 23.8 Å². The largest absolute Gasteiger partial charge is 0.296 e. The Bertz CT molecular complexity index is 1060. The lowest BCUT2D eigenvalue weighted by Gasteiger charge is -2.05. The highest BCUT2D eigenvalue weighted by atomic mass is 32.1. The standard InChI is InChI=1S/C17H13N7OS/c1-11-4-2-7-19-15(11)13-10-26-17(21-13)22-16(25)14-9-20-23-24(14)12-5-3-6-18-8-12/h2-10H,1H3,(H,21,22,25). The predicted octanol–water partition coefficient (Wildman–Crippen LogP) is 2.74. The highest BCUT2D eigenvalue weighted by Crippen LogP contribution is 2.25. The molecule has 0 atom stereocenters. The van der Waals surface area contributed by atoms with Crippen LogP contribution in [0.3, 0.4) is 0 Å². The molecule has 0 aliphatic carbocycles. The molecule has 4 heterocycles. The van der Waals surface area contributed by atoms with Gasteiger partial charge in [0.25, 0.3) is 5.91 Å². The number of nitrogens with one attached hydrogen (secondary N) is 1. The molecule has 1 N–H and O–H groups in total. The van der Waals surface area contributed by atoms with Gasteiger partial charge >= 0.3 is 0 Å². The summed E-state index contributed by atoms with van der Waals surface area (Å²) in [5, 5.41) is 12.9. The minimum atomic E-state index is -0.350. The number of nitrogens with zero attached hydrogens (tertiary/aromatic N) is 6. The van der Waals surface area contributed by atoms with Crippen molar-refractivity contribution in [1.29, 1.82) is 0 Å². The van der Waals surface area contributed by atoms with Crippen LogP contribution in [-0.2, 0) is 0 Å². The van der Waals surface area contributed by atoms with Gasteiger partial charge in [-0.05, 0) is 30.7 Å². The Balaban J connectivity index is 1.57. The highest BCUT2D eigenvalue weighted by Gasteiger charge is 2.17. The van der Waals surface area contributed by atoms with Gasteiger partial charge in [-0.3, -0.25) is 20.1 Å². The number of hydrogen-bond donors (Lipinski definition) is 1. The zero-order valence-electron chi connectivity index (χ0n) is 13.7. The second-order valence-corrected chi connectivity index (χ2v) is 6.26. The van der Waals surface area contributed by atoms with Crippen molar-refractivity contribution < 1.29 is 4.79 Å². The van der Waals surface area contributed by atoms with Crippen LogP contribution >= 0.6 is 11.3 Å². The molecule has 0 saturated carbocycles. The van der Waals surface area contributed by atoms with Crippen LogP contribution in [0.5, 0.6) is 0 Å². The molecule has 128 valence electrons. The van der Waals surface area contributed by atoms with E-state index in [4.69, 9.17) is 0 Å². The van der Waals surface area contributed by atoms with Crippen LogP contribution in [0.2, 0.25) is 0 Å². The first-order valence-electron chi connectivity index (χ1n) is 7.72. The first kappa shape index (κ1) is 16.0. The SMILES string of the molecule is Cc1cccnc1-c1csc(NC(=O)c2cnnn2-c2cccnc2)n1. The number of carbonyl (C=O) groups is 1. The van der Waals surface area contributed by atoms with Crippen molar-refractivity contribution >= 4 is 22.4 Å². The molecule has 4 rings (SSSR count). The van der Waals surface area contributed by atoms with E-state index in [0.717, 1.165) is 17.0 Å². The Kier molecular flexibility index (Phi) is 4.20. The highest BCUT2D eigenvalue weighted by molar-refractivity contribution is 7.14. The molecule has 9 heteroatoms. The van der Waals surface area contributed by atoms with Crippen LogP contribution in [0.1, 0.15) is 16.1 Å². The molecular weight excluding hydrogens is 350 g/mol. The number of rotatable bonds is 4. The number of thiazole rings is 1. The fourth-order valence-electron chi connectivity index (χ4n) is 2.41. The molecule has 1 amide bonds. The summed E-state index contributed by atoms with van der Waals surface area (Å²) < 4.78 is 1.43. The fraction of sp³-hybridized carbons (Fsp3) is 0.0588. The van der Waals surface area contributed by atoms with Crippen molar-refractivity contribution in [1.82, 2.24) is 29.9 Å². The van der Waals surface area contributed by atoms with E-state index in [0.29, 0.717) is 16.5 Å². The Labute approximate surface area is 152 Å². The molecule has 4 aromatic heterocycles. The van der Waals surface area contributed by atoms with Gasteiger partial charge < -0.3 is 0 Å². The molecular formula is C17H13N7OS. The topological polar surface area (TPSA) is 98.5 Å². The van der Waals surface area contributed by atoms with E-state index in [1.165, 1.54) is 22.2 Å². The molecule has 0 unspecified atom stereocenters. The third-order valence-electron chi connectivity index (χ3n) is 3.65. The minimum Gasteiger partial charge on any atom is -0.296 e. The number of hydrogen-bond acceptors (Lipinski definition) is 7. The Morgan fingerprint density at radius 2 is 2.08 bits per heavy atom. The lowest BCUT2D eigenvalue weighted by atomic mass is 10.2. The smallest absolute Gasteiger partial charge is 0.277 e. The maximum absolute atomic E-state index is 12.6. The summed E-state index contributed by atoms with van der Waals surface area (Å²) in [6.07, 6.45) is 6.38. The number of aryl methyl sites for hydroxylation is 1. The van der Waals surface area contributed by atoms with Gasteiger partial charge in [0, 0.05) is 17.8 Å². The van der Waals surface area contributed by atoms with E-state index in [1.807, 2.05) is 24.4 Å². The fourth-order valence-corrected chi connectivity index (χ4v) is 3.10. The van der Waals surface area contributed by atoms with Crippen LogP contribution in [0.25, 0.3) is 17.1 Å². The van der Waals surface area contributed by atoms with E-state index in [9.17, 15) is 4.79 Å². The zero-order chi connectivity index (χ0) is 17.9. The van der Waals surface area contributed by atoms with E-state index >= 15 is 0 Å². The van der Waals surface area contributed by atoms with Gasteiger partial charge in [0.1, 0.15) is 5.69 Å². The second kappa shape index (κ2) is 6.81. The molecule has 0 aromatic carbocycles. The Morgan fingerprint density at radius 1 is 1.19 bits per heavy atom. The zero-order valence-corrected chi connectivity index (χ0v) is 14.5. The van der Waals surface area contributed by atoms with E-state index in [2.05, 4.69) is 30.6 Å². The summed E-state index contributed by atoms with van der Waals surface area (Å²) in [4.78, 5) is 25.4. The summed E-state index contributed by atoms with van der Waals surface area (Å²) in [5.41, 5.74) is 3.49. The second-order valence-electron chi connectivity index (χ2n) is 5.40. The molecule has 0 aliphatic heterocycles.